The highest BCUT2D eigenvalue weighted by Crippen LogP contribution is 2.56. The first-order chi connectivity index (χ1) is 62.9. The molecule has 21 aromatic carbocycles. The summed E-state index contributed by atoms with van der Waals surface area (Å²) >= 11 is 1.84. The van der Waals surface area contributed by atoms with Crippen LogP contribution in [0.25, 0.3) is 165 Å². The number of ether oxygens (including phenoxy) is 2. The van der Waals surface area contributed by atoms with Gasteiger partial charge in [-0.2, -0.15) is 0 Å². The predicted molar refractivity (Wildman–Crippen MR) is 527 cm³/mol. The topological polar surface area (TPSA) is 67.6 Å². The van der Waals surface area contributed by atoms with Crippen LogP contribution in [0.1, 0.15) is 0 Å². The van der Waals surface area contributed by atoms with E-state index in [2.05, 4.69) is 415 Å². The van der Waals surface area contributed by atoms with Crippen molar-refractivity contribution < 1.29 is 22.7 Å². The van der Waals surface area contributed by atoms with Crippen molar-refractivity contribution in [3.05, 3.63) is 443 Å². The minimum absolute atomic E-state index is 0.841. The van der Waals surface area contributed by atoms with Crippen molar-refractivity contribution >= 4 is 172 Å². The Morgan fingerprint density at radius 2 is 0.575 bits per heavy atom. The lowest BCUT2D eigenvalue weighted by atomic mass is 9.93. The van der Waals surface area contributed by atoms with Gasteiger partial charge in [-0.25, -0.2) is 0 Å². The van der Waals surface area contributed by atoms with Gasteiger partial charge in [0.2, 0.25) is 0 Å². The van der Waals surface area contributed by atoms with Crippen LogP contribution in [0.2, 0.25) is 0 Å². The minimum atomic E-state index is 0.841. The summed E-state index contributed by atoms with van der Waals surface area (Å²) in [5, 5.41) is 16.4. The van der Waals surface area contributed by atoms with Crippen molar-refractivity contribution in [2.45, 2.75) is 9.79 Å². The Morgan fingerprint density at radius 3 is 1.22 bits per heavy atom. The van der Waals surface area contributed by atoms with Gasteiger partial charge in [-0.15, -0.1) is 0 Å². The number of fused-ring (bicyclic) bond motifs is 1. The zero-order chi connectivity index (χ0) is 83.6. The van der Waals surface area contributed by atoms with Crippen LogP contribution in [-0.2, 0) is 0 Å². The third kappa shape index (κ3) is 12.6. The Balaban J connectivity index is 0.000000104. The second kappa shape index (κ2) is 30.2. The van der Waals surface area contributed by atoms with Crippen LogP contribution in [0.4, 0.5) is 51.2 Å². The molecule has 0 radical (unpaired) electrons. The van der Waals surface area contributed by atoms with Gasteiger partial charge in [-0.3, -0.25) is 0 Å². The minimum Gasteiger partial charge on any atom is -0.456 e. The molecule has 3 aliphatic heterocycles. The first kappa shape index (κ1) is 73.2. The van der Waals surface area contributed by atoms with Crippen molar-refractivity contribution in [3.8, 4) is 78.6 Å². The van der Waals surface area contributed by atoms with Crippen molar-refractivity contribution in [2.24, 2.45) is 0 Å². The Hall–Kier alpha value is -16.6. The molecular weight excluding hydrogens is 1570 g/mol. The highest BCUT2D eigenvalue weighted by molar-refractivity contribution is 8.00. The fourth-order valence-corrected chi connectivity index (χ4v) is 20.4. The van der Waals surface area contributed by atoms with Crippen LogP contribution in [0.3, 0.4) is 0 Å². The van der Waals surface area contributed by atoms with Crippen LogP contribution < -0.4 is 24.2 Å². The maximum atomic E-state index is 6.61. The van der Waals surface area contributed by atoms with Crippen LogP contribution in [-0.4, -0.2) is 0 Å². The summed E-state index contributed by atoms with van der Waals surface area (Å²) in [5.41, 5.74) is 26.8. The van der Waals surface area contributed by atoms with Crippen molar-refractivity contribution in [3.63, 3.8) is 0 Å². The van der Waals surface area contributed by atoms with Crippen molar-refractivity contribution in [1.82, 2.24) is 0 Å². The van der Waals surface area contributed by atoms with E-state index < -0.39 is 0 Å². The molecule has 6 heterocycles. The zero-order valence-corrected chi connectivity index (χ0v) is 69.3. The van der Waals surface area contributed by atoms with Crippen molar-refractivity contribution in [2.75, 3.05) is 14.7 Å². The lowest BCUT2D eigenvalue weighted by Crippen LogP contribution is -2.09. The Labute approximate surface area is 735 Å². The quantitative estimate of drug-likeness (QED) is 0.106. The largest absolute Gasteiger partial charge is 0.456 e. The second-order valence-electron chi connectivity index (χ2n) is 32.5. The summed E-state index contributed by atoms with van der Waals surface area (Å²) < 4.78 is 32.1. The fraction of sp³-hybridized carbons (Fsp3) is 0. The SMILES string of the molecule is c1ccc(-c2ccc(N(c3ccccc3)c3ccc(-c4cc5oc6cccc7c6c5c5c(cccc45)O7)cc3)cc2)cc1.c1ccc(-c2cccc(N(c3ccccc3)c3ccc(-c4cc5cccc6c5c5c4oc4cccc(c45)S6)cc3)c2)cc1.c1ccc(N(c2ccc(-c3cc4c5c(c3)oc3ccc6cccc(c6c35)O4)cc2)c2ccc3ccccc3c2)cc1. The van der Waals surface area contributed by atoms with Gasteiger partial charge in [0.1, 0.15) is 56.5 Å². The number of hydrogen-bond donors (Lipinski definition) is 0. The van der Waals surface area contributed by atoms with E-state index in [4.69, 9.17) is 22.7 Å². The van der Waals surface area contributed by atoms with E-state index >= 15 is 0 Å². The molecule has 0 atom stereocenters. The smallest absolute Gasteiger partial charge is 0.143 e. The van der Waals surface area contributed by atoms with E-state index in [1.807, 2.05) is 54.2 Å². The van der Waals surface area contributed by atoms with E-state index in [0.29, 0.717) is 0 Å². The second-order valence-corrected chi connectivity index (χ2v) is 33.6. The molecule has 9 heteroatoms. The highest BCUT2D eigenvalue weighted by atomic mass is 32.2. The molecule has 127 heavy (non-hydrogen) atoms. The summed E-state index contributed by atoms with van der Waals surface area (Å²) in [6.45, 7) is 0. The van der Waals surface area contributed by atoms with Crippen LogP contribution in [0.5, 0.6) is 23.0 Å². The fourth-order valence-electron chi connectivity index (χ4n) is 19.2. The van der Waals surface area contributed by atoms with Gasteiger partial charge in [-0.05, 0) is 259 Å². The van der Waals surface area contributed by atoms with Crippen molar-refractivity contribution in [1.29, 1.82) is 0 Å². The van der Waals surface area contributed by atoms with Crippen LogP contribution in [0, 0.1) is 0 Å². The average molecular weight is 1640 g/mol. The third-order valence-electron chi connectivity index (χ3n) is 25.1. The molecule has 0 spiro atoms. The van der Waals surface area contributed by atoms with E-state index in [1.54, 1.807) is 0 Å². The standard InChI is InChI=1S/C40H25NO2.C40H25NOS.C38H23NO2/c1-3-9-26(10-4-1)27-17-21-30(22-18-27)41(29-11-5-2-6-12-29)31-23-19-28(20-24-31)33-25-37-40-38-32(33)13-7-14-34(38)42-35-15-8-16-36(43-37)39(35)40;1-3-10-26(11-4-1)28-12-7-16-32(24-28)41(30-14-5-2-6-15-30)31-22-20-27(21-23-31)33-25-29-13-8-18-35-37(29)39-38-34(42-40(33)39)17-9-19-36(38)43-35;1-2-10-29(11-3-1)39(31-19-15-24-7-4-5-8-27(24)21-31)30-17-13-25(14-18-30)28-22-34-37-35(23-28)41-33-20-16-26-9-6-12-32(40-34)36(26)38(33)37/h2*1-25H;1-23H. The first-order valence-electron chi connectivity index (χ1n) is 42.9. The zero-order valence-electron chi connectivity index (χ0n) is 68.4. The first-order valence-corrected chi connectivity index (χ1v) is 43.7. The molecule has 596 valence electrons. The summed E-state index contributed by atoms with van der Waals surface area (Å²) in [6.07, 6.45) is 0. The van der Waals surface area contributed by atoms with Gasteiger partial charge in [-0.1, -0.05) is 273 Å². The van der Waals surface area contributed by atoms with Gasteiger partial charge in [0.25, 0.3) is 0 Å². The van der Waals surface area contributed by atoms with Gasteiger partial charge in [0, 0.05) is 104 Å². The van der Waals surface area contributed by atoms with E-state index in [1.165, 1.54) is 64.4 Å². The maximum Gasteiger partial charge on any atom is 0.143 e. The highest BCUT2D eigenvalue weighted by Gasteiger charge is 2.30. The van der Waals surface area contributed by atoms with Gasteiger partial charge in [0.15, 0.2) is 0 Å². The lowest BCUT2D eigenvalue weighted by molar-refractivity contribution is 0.492. The molecular formula is C118H73N3O5S. The molecule has 3 aromatic heterocycles. The molecule has 8 nitrogen and oxygen atoms in total. The van der Waals surface area contributed by atoms with Gasteiger partial charge >= 0.3 is 0 Å². The molecule has 0 N–H and O–H groups in total. The molecule has 0 fully saturated rings. The number of furan rings is 3. The number of rotatable bonds is 14. The summed E-state index contributed by atoms with van der Waals surface area (Å²) in [6, 6.07) is 156. The third-order valence-corrected chi connectivity index (χ3v) is 26.2. The molecule has 0 bridgehead atoms. The van der Waals surface area contributed by atoms with E-state index in [9.17, 15) is 0 Å². The molecule has 0 aliphatic carbocycles. The number of hydrogen-bond acceptors (Lipinski definition) is 9. The number of nitrogens with zero attached hydrogens (tertiary/aromatic N) is 3. The average Bonchev–Trinajstić information content (AvgIpc) is 1.59. The summed E-state index contributed by atoms with van der Waals surface area (Å²) in [5.74, 6) is 3.45. The molecule has 24 aromatic rings. The molecule has 3 aliphatic rings. The number of anilines is 9. The lowest BCUT2D eigenvalue weighted by Gasteiger charge is -2.26. The Morgan fingerprint density at radius 1 is 0.173 bits per heavy atom. The molecule has 0 saturated carbocycles. The predicted octanol–water partition coefficient (Wildman–Crippen LogP) is 34.8. The molecule has 27 rings (SSSR count). The summed E-state index contributed by atoms with van der Waals surface area (Å²) in [4.78, 5) is 9.47. The molecule has 0 amide bonds. The Bertz CT molecular complexity index is 8450. The van der Waals surface area contributed by atoms with Crippen LogP contribution in [0.15, 0.2) is 466 Å². The van der Waals surface area contributed by atoms with E-state index in [0.717, 1.165) is 184 Å². The molecule has 0 unspecified atom stereocenters. The number of para-hydroxylation sites is 3. The number of benzene rings is 21. The van der Waals surface area contributed by atoms with E-state index in [-0.39, 0.29) is 0 Å². The normalized spacial score (nSPS) is 12.0. The maximum absolute atomic E-state index is 6.61. The Kier molecular flexibility index (Phi) is 17.4. The van der Waals surface area contributed by atoms with Gasteiger partial charge < -0.3 is 37.4 Å². The van der Waals surface area contributed by atoms with Gasteiger partial charge in [0.05, 0.1) is 10.8 Å². The van der Waals surface area contributed by atoms with Crippen LogP contribution >= 0.6 is 11.8 Å². The monoisotopic (exact) mass is 1640 g/mol. The molecule has 0 saturated heterocycles. The summed E-state index contributed by atoms with van der Waals surface area (Å²) in [7, 11) is 0.